The predicted molar refractivity (Wildman–Crippen MR) is 72.9 cm³/mol. The van der Waals surface area contributed by atoms with E-state index < -0.39 is 0 Å². The Morgan fingerprint density at radius 1 is 1.22 bits per heavy atom. The van der Waals surface area contributed by atoms with Gasteiger partial charge in [0.25, 0.3) is 0 Å². The first kappa shape index (κ1) is 12.9. The summed E-state index contributed by atoms with van der Waals surface area (Å²) >= 11 is 0. The lowest BCUT2D eigenvalue weighted by molar-refractivity contribution is -0.146. The van der Waals surface area contributed by atoms with Crippen molar-refractivity contribution < 1.29 is 9.53 Å². The summed E-state index contributed by atoms with van der Waals surface area (Å²) in [6, 6.07) is 8.60. The van der Waals surface area contributed by atoms with Gasteiger partial charge in [-0.1, -0.05) is 32.9 Å². The number of carbonyl (C=O) groups is 1. The number of anilines is 1. The minimum atomic E-state index is -0.0995. The maximum atomic E-state index is 11.3. The molecule has 0 atom stereocenters. The second-order valence-corrected chi connectivity index (χ2v) is 5.92. The third-order valence-corrected chi connectivity index (χ3v) is 3.51. The van der Waals surface area contributed by atoms with Crippen molar-refractivity contribution in [2.45, 2.75) is 26.2 Å². The number of esters is 1. The number of rotatable bonds is 2. The fourth-order valence-corrected chi connectivity index (χ4v) is 2.18. The SMILES string of the molecule is COC(=O)C1CN(c2ccc(C(C)(C)C)cc2)C1. The summed E-state index contributed by atoms with van der Waals surface area (Å²) in [5, 5.41) is 0. The standard InChI is InChI=1S/C15H21NO2/c1-15(2,3)12-5-7-13(8-6-12)16-9-11(10-16)14(17)18-4/h5-8,11H,9-10H2,1-4H3. The van der Waals surface area contributed by atoms with Crippen molar-refractivity contribution in [3.8, 4) is 0 Å². The Labute approximate surface area is 109 Å². The van der Waals surface area contributed by atoms with Gasteiger partial charge < -0.3 is 9.64 Å². The van der Waals surface area contributed by atoms with Crippen molar-refractivity contribution in [3.63, 3.8) is 0 Å². The second-order valence-electron chi connectivity index (χ2n) is 5.92. The van der Waals surface area contributed by atoms with Crippen LogP contribution in [0.1, 0.15) is 26.3 Å². The van der Waals surface area contributed by atoms with E-state index in [0.717, 1.165) is 13.1 Å². The fraction of sp³-hybridized carbons (Fsp3) is 0.533. The van der Waals surface area contributed by atoms with Crippen LogP contribution in [0.25, 0.3) is 0 Å². The Kier molecular flexibility index (Phi) is 3.33. The van der Waals surface area contributed by atoms with E-state index in [-0.39, 0.29) is 17.3 Å². The van der Waals surface area contributed by atoms with Crippen LogP contribution in [0.5, 0.6) is 0 Å². The van der Waals surface area contributed by atoms with Gasteiger partial charge in [0.2, 0.25) is 0 Å². The maximum Gasteiger partial charge on any atom is 0.312 e. The summed E-state index contributed by atoms with van der Waals surface area (Å²) in [6.07, 6.45) is 0. The first-order chi connectivity index (χ1) is 8.41. The average Bonchev–Trinajstić information content (AvgIpc) is 2.26. The van der Waals surface area contributed by atoms with Gasteiger partial charge in [0.1, 0.15) is 0 Å². The first-order valence-electron chi connectivity index (χ1n) is 6.35. The number of hydrogen-bond acceptors (Lipinski definition) is 3. The van der Waals surface area contributed by atoms with Crippen molar-refractivity contribution in [3.05, 3.63) is 29.8 Å². The van der Waals surface area contributed by atoms with Gasteiger partial charge in [-0.05, 0) is 23.1 Å². The van der Waals surface area contributed by atoms with Crippen LogP contribution in [-0.4, -0.2) is 26.2 Å². The molecule has 0 aromatic heterocycles. The summed E-state index contributed by atoms with van der Waals surface area (Å²) in [5.74, 6) is -0.0603. The fourth-order valence-electron chi connectivity index (χ4n) is 2.18. The van der Waals surface area contributed by atoms with Crippen LogP contribution in [0, 0.1) is 5.92 Å². The smallest absolute Gasteiger partial charge is 0.312 e. The van der Waals surface area contributed by atoms with Gasteiger partial charge in [0.05, 0.1) is 13.0 Å². The van der Waals surface area contributed by atoms with E-state index in [4.69, 9.17) is 4.74 Å². The van der Waals surface area contributed by atoms with Crippen molar-refractivity contribution in [2.24, 2.45) is 5.92 Å². The molecule has 1 aliphatic rings. The van der Waals surface area contributed by atoms with Gasteiger partial charge in [-0.15, -0.1) is 0 Å². The molecule has 3 nitrogen and oxygen atoms in total. The molecule has 0 unspecified atom stereocenters. The topological polar surface area (TPSA) is 29.5 Å². The van der Waals surface area contributed by atoms with Crippen LogP contribution in [0.15, 0.2) is 24.3 Å². The molecule has 1 fully saturated rings. The normalized spacial score (nSPS) is 16.3. The molecule has 1 saturated heterocycles. The third-order valence-electron chi connectivity index (χ3n) is 3.51. The molecule has 0 N–H and O–H groups in total. The number of methoxy groups -OCH3 is 1. The van der Waals surface area contributed by atoms with E-state index in [9.17, 15) is 4.79 Å². The Morgan fingerprint density at radius 3 is 2.22 bits per heavy atom. The van der Waals surface area contributed by atoms with Crippen LogP contribution < -0.4 is 4.90 Å². The van der Waals surface area contributed by atoms with Crippen LogP contribution in [0.4, 0.5) is 5.69 Å². The number of benzene rings is 1. The molecule has 0 bridgehead atoms. The summed E-state index contributed by atoms with van der Waals surface area (Å²) in [7, 11) is 1.45. The lowest BCUT2D eigenvalue weighted by Crippen LogP contribution is -2.50. The molecule has 1 aliphatic heterocycles. The zero-order chi connectivity index (χ0) is 13.3. The Morgan fingerprint density at radius 2 is 1.78 bits per heavy atom. The highest BCUT2D eigenvalue weighted by molar-refractivity contribution is 5.76. The molecular weight excluding hydrogens is 226 g/mol. The average molecular weight is 247 g/mol. The predicted octanol–water partition coefficient (Wildman–Crippen LogP) is 2.59. The van der Waals surface area contributed by atoms with E-state index >= 15 is 0 Å². The molecule has 1 aromatic rings. The molecule has 3 heteroatoms. The molecule has 0 amide bonds. The highest BCUT2D eigenvalue weighted by Gasteiger charge is 2.33. The molecule has 2 rings (SSSR count). The number of hydrogen-bond donors (Lipinski definition) is 0. The van der Waals surface area contributed by atoms with Gasteiger partial charge in [0, 0.05) is 18.8 Å². The summed E-state index contributed by atoms with van der Waals surface area (Å²) in [5.41, 5.74) is 2.70. The van der Waals surface area contributed by atoms with Gasteiger partial charge >= 0.3 is 5.97 Å². The van der Waals surface area contributed by atoms with Gasteiger partial charge in [0.15, 0.2) is 0 Å². The van der Waals surface area contributed by atoms with Gasteiger partial charge in [-0.25, -0.2) is 0 Å². The van der Waals surface area contributed by atoms with E-state index in [1.54, 1.807) is 0 Å². The lowest BCUT2D eigenvalue weighted by atomic mass is 9.87. The van der Waals surface area contributed by atoms with Crippen molar-refractivity contribution in [1.29, 1.82) is 0 Å². The Hall–Kier alpha value is -1.51. The monoisotopic (exact) mass is 247 g/mol. The summed E-state index contributed by atoms with van der Waals surface area (Å²) < 4.78 is 4.74. The quantitative estimate of drug-likeness (QED) is 0.752. The van der Waals surface area contributed by atoms with E-state index in [0.29, 0.717) is 0 Å². The lowest BCUT2D eigenvalue weighted by Gasteiger charge is -2.39. The molecule has 0 saturated carbocycles. The maximum absolute atomic E-state index is 11.3. The van der Waals surface area contributed by atoms with Crippen LogP contribution in [0.3, 0.4) is 0 Å². The highest BCUT2D eigenvalue weighted by Crippen LogP contribution is 2.28. The van der Waals surface area contributed by atoms with Crippen molar-refractivity contribution in [2.75, 3.05) is 25.1 Å². The molecule has 0 radical (unpaired) electrons. The number of ether oxygens (including phenoxy) is 1. The van der Waals surface area contributed by atoms with Crippen molar-refractivity contribution >= 4 is 11.7 Å². The van der Waals surface area contributed by atoms with Gasteiger partial charge in [-0.3, -0.25) is 4.79 Å². The zero-order valence-electron chi connectivity index (χ0n) is 11.6. The molecular formula is C15H21NO2. The first-order valence-corrected chi connectivity index (χ1v) is 6.35. The van der Waals surface area contributed by atoms with Gasteiger partial charge in [-0.2, -0.15) is 0 Å². The molecule has 0 spiro atoms. The summed E-state index contributed by atoms with van der Waals surface area (Å²) in [6.45, 7) is 8.15. The minimum absolute atomic E-state index is 0.0392. The largest absolute Gasteiger partial charge is 0.469 e. The molecule has 1 aromatic carbocycles. The Balaban J connectivity index is 1.99. The third kappa shape index (κ3) is 2.50. The van der Waals surface area contributed by atoms with Crippen molar-refractivity contribution in [1.82, 2.24) is 0 Å². The van der Waals surface area contributed by atoms with E-state index in [1.807, 2.05) is 0 Å². The Bertz CT molecular complexity index is 425. The molecule has 1 heterocycles. The molecule has 98 valence electrons. The number of nitrogens with zero attached hydrogens (tertiary/aromatic N) is 1. The molecule has 18 heavy (non-hydrogen) atoms. The summed E-state index contributed by atoms with van der Waals surface area (Å²) in [4.78, 5) is 13.5. The van der Waals surface area contributed by atoms with Crippen LogP contribution in [-0.2, 0) is 14.9 Å². The second kappa shape index (κ2) is 4.63. The minimum Gasteiger partial charge on any atom is -0.469 e. The van der Waals surface area contributed by atoms with E-state index in [1.165, 1.54) is 18.4 Å². The van der Waals surface area contributed by atoms with Crippen LogP contribution >= 0.6 is 0 Å². The van der Waals surface area contributed by atoms with E-state index in [2.05, 4.69) is 49.9 Å². The zero-order valence-corrected chi connectivity index (χ0v) is 11.6. The molecule has 0 aliphatic carbocycles. The highest BCUT2D eigenvalue weighted by atomic mass is 16.5. The van der Waals surface area contributed by atoms with Crippen LogP contribution in [0.2, 0.25) is 0 Å². The number of carbonyl (C=O) groups excluding carboxylic acids is 1.